The summed E-state index contributed by atoms with van der Waals surface area (Å²) < 4.78 is 11.7. The number of hydrogen-bond acceptors (Lipinski definition) is 7. The molecule has 2 saturated carbocycles. The number of terminal acetylenes is 1. The predicted molar refractivity (Wildman–Crippen MR) is 124 cm³/mol. The number of carboxylic acid groups (broad SMARTS) is 1. The lowest BCUT2D eigenvalue weighted by atomic mass is 9.49. The molecule has 1 aliphatic heterocycles. The van der Waals surface area contributed by atoms with Crippen molar-refractivity contribution in [3.8, 4) is 12.3 Å². The first-order valence-corrected chi connectivity index (χ1v) is 12.7. The molecule has 0 aromatic heterocycles. The second-order valence-electron chi connectivity index (χ2n) is 10.9. The Labute approximate surface area is 205 Å². The van der Waals surface area contributed by atoms with Crippen molar-refractivity contribution in [1.29, 1.82) is 0 Å². The van der Waals surface area contributed by atoms with E-state index < -0.39 is 47.7 Å². The average molecular weight is 487 g/mol. The first-order valence-electron chi connectivity index (χ1n) is 12.7. The van der Waals surface area contributed by atoms with Gasteiger partial charge in [-0.3, -0.25) is 4.79 Å². The normalized spacial score (nSPS) is 48.8. The van der Waals surface area contributed by atoms with E-state index in [2.05, 4.69) is 18.9 Å². The van der Waals surface area contributed by atoms with Gasteiger partial charge >= 0.3 is 5.97 Å². The Balaban J connectivity index is 1.44. The average Bonchev–Trinajstić information content (AvgIpc) is 3.18. The van der Waals surface area contributed by atoms with Gasteiger partial charge in [-0.2, -0.15) is 0 Å². The molecule has 0 unspecified atom stereocenters. The van der Waals surface area contributed by atoms with Crippen LogP contribution in [0.3, 0.4) is 0 Å². The molecule has 4 N–H and O–H groups in total. The quantitative estimate of drug-likeness (QED) is 0.348. The lowest BCUT2D eigenvalue weighted by molar-refractivity contribution is -0.321. The van der Waals surface area contributed by atoms with E-state index in [1.54, 1.807) is 0 Å². The number of aliphatic hydroxyl groups excluding tert-OH is 3. The topological polar surface area (TPSA) is 134 Å². The van der Waals surface area contributed by atoms with Crippen molar-refractivity contribution in [2.45, 2.75) is 88.2 Å². The molecule has 0 amide bonds. The maximum absolute atomic E-state index is 12.0. The third-order valence-corrected chi connectivity index (χ3v) is 9.62. The van der Waals surface area contributed by atoms with Crippen LogP contribution in [0.15, 0.2) is 23.8 Å². The summed E-state index contributed by atoms with van der Waals surface area (Å²) in [6, 6.07) is 0. The van der Waals surface area contributed by atoms with Gasteiger partial charge in [0.15, 0.2) is 23.8 Å². The van der Waals surface area contributed by atoms with Crippen molar-refractivity contribution >= 4 is 11.8 Å². The van der Waals surface area contributed by atoms with Crippen LogP contribution in [0.25, 0.3) is 0 Å². The second kappa shape index (κ2) is 8.82. The number of carbonyl (C=O) groups is 2. The molecule has 35 heavy (non-hydrogen) atoms. The van der Waals surface area contributed by atoms with Gasteiger partial charge in [-0.25, -0.2) is 4.79 Å². The third-order valence-electron chi connectivity index (χ3n) is 9.62. The first-order chi connectivity index (χ1) is 16.7. The molecule has 8 nitrogen and oxygen atoms in total. The van der Waals surface area contributed by atoms with Crippen LogP contribution >= 0.6 is 0 Å². The molecule has 0 bridgehead atoms. The zero-order valence-corrected chi connectivity index (χ0v) is 19.9. The number of carboxylic acids is 1. The number of allylic oxidation sites excluding steroid dienone is 3. The Morgan fingerprint density at radius 3 is 2.63 bits per heavy atom. The van der Waals surface area contributed by atoms with E-state index in [4.69, 9.17) is 15.9 Å². The first kappa shape index (κ1) is 24.7. The van der Waals surface area contributed by atoms with Crippen LogP contribution < -0.4 is 0 Å². The molecule has 5 rings (SSSR count). The van der Waals surface area contributed by atoms with E-state index in [1.165, 1.54) is 5.57 Å². The Morgan fingerprint density at radius 2 is 1.94 bits per heavy atom. The monoisotopic (exact) mass is 486 g/mol. The van der Waals surface area contributed by atoms with Gasteiger partial charge in [0, 0.05) is 11.8 Å². The van der Waals surface area contributed by atoms with Gasteiger partial charge in [0.05, 0.1) is 0 Å². The number of aliphatic hydroxyl groups is 3. The van der Waals surface area contributed by atoms with Gasteiger partial charge in [0.1, 0.15) is 18.3 Å². The maximum atomic E-state index is 12.0. The summed E-state index contributed by atoms with van der Waals surface area (Å²) in [5.74, 6) is 2.99. The summed E-state index contributed by atoms with van der Waals surface area (Å²) in [6.07, 6.45) is 9.27. The summed E-state index contributed by atoms with van der Waals surface area (Å²) in [4.78, 5) is 23.6. The highest BCUT2D eigenvalue weighted by atomic mass is 16.7. The molecule has 1 heterocycles. The number of aliphatic carboxylic acids is 1. The van der Waals surface area contributed by atoms with Crippen LogP contribution in [0.2, 0.25) is 0 Å². The molecule has 5 aliphatic rings. The fourth-order valence-electron chi connectivity index (χ4n) is 7.88. The third kappa shape index (κ3) is 3.55. The van der Waals surface area contributed by atoms with Gasteiger partial charge in [-0.1, -0.05) is 24.5 Å². The van der Waals surface area contributed by atoms with Gasteiger partial charge in [0.2, 0.25) is 0 Å². The van der Waals surface area contributed by atoms with Gasteiger partial charge in [-0.15, -0.1) is 6.42 Å². The standard InChI is InChI=1S/C27H34O8/c1-3-26-11-9-17-16-8-6-15(28)13-14(16)5-7-18(17)19(26)10-12-27(26,4-2)35-25-22(31)20(29)21(30)23(34-25)24(32)33/h2,10,12-13,16-23,25,29-31H,3,5-9,11H2,1H3,(H,32,33)/t16-,17+,18+,19-,20-,21-,22+,23-,25-,26-,27-/m0/s1. The van der Waals surface area contributed by atoms with Crippen LogP contribution in [0.5, 0.6) is 0 Å². The number of hydrogen-bond donors (Lipinski definition) is 4. The van der Waals surface area contributed by atoms with Crippen LogP contribution in [0.1, 0.15) is 51.9 Å². The van der Waals surface area contributed by atoms with Crippen molar-refractivity contribution in [2.75, 3.05) is 0 Å². The number of ether oxygens (including phenoxy) is 2. The highest BCUT2D eigenvalue weighted by Crippen LogP contribution is 2.65. The summed E-state index contributed by atoms with van der Waals surface area (Å²) in [5.41, 5.74) is -0.441. The molecule has 0 spiro atoms. The van der Waals surface area contributed by atoms with E-state index in [-0.39, 0.29) is 11.7 Å². The molecular formula is C27H34O8. The van der Waals surface area contributed by atoms with Crippen molar-refractivity contribution in [3.05, 3.63) is 23.8 Å². The van der Waals surface area contributed by atoms with E-state index >= 15 is 0 Å². The van der Waals surface area contributed by atoms with E-state index in [9.17, 15) is 30.0 Å². The minimum Gasteiger partial charge on any atom is -0.479 e. The zero-order valence-electron chi connectivity index (χ0n) is 19.9. The minimum atomic E-state index is -1.79. The molecule has 3 fully saturated rings. The van der Waals surface area contributed by atoms with Crippen molar-refractivity contribution < 1.29 is 39.5 Å². The Morgan fingerprint density at radius 1 is 1.17 bits per heavy atom. The highest BCUT2D eigenvalue weighted by molar-refractivity contribution is 5.91. The minimum absolute atomic E-state index is 0.132. The zero-order chi connectivity index (χ0) is 25.1. The molecule has 0 radical (unpaired) electrons. The molecule has 11 atom stereocenters. The number of carbonyl (C=O) groups excluding carboxylic acids is 1. The summed E-state index contributed by atoms with van der Waals surface area (Å²) >= 11 is 0. The highest BCUT2D eigenvalue weighted by Gasteiger charge is 2.64. The van der Waals surface area contributed by atoms with E-state index in [1.807, 2.05) is 12.2 Å². The van der Waals surface area contributed by atoms with Crippen LogP contribution in [0.4, 0.5) is 0 Å². The van der Waals surface area contributed by atoms with Gasteiger partial charge < -0.3 is 29.9 Å². The maximum Gasteiger partial charge on any atom is 0.335 e. The van der Waals surface area contributed by atoms with Crippen molar-refractivity contribution in [3.63, 3.8) is 0 Å². The van der Waals surface area contributed by atoms with Crippen LogP contribution in [-0.4, -0.2) is 68.5 Å². The lowest BCUT2D eigenvalue weighted by Gasteiger charge is -2.57. The Hall–Kier alpha value is -2.02. The molecule has 1 saturated heterocycles. The Bertz CT molecular complexity index is 996. The largest absolute Gasteiger partial charge is 0.479 e. The fraction of sp³-hybridized carbons (Fsp3) is 0.704. The van der Waals surface area contributed by atoms with Crippen LogP contribution in [-0.2, 0) is 19.1 Å². The number of rotatable bonds is 4. The summed E-state index contributed by atoms with van der Waals surface area (Å²) in [5, 5.41) is 40.3. The second-order valence-corrected chi connectivity index (χ2v) is 10.9. The SMILES string of the molecule is C#C[C@]1(O[C@@H]2O[C@H](C(=O)O)[C@@H](O)[C@H](O)[C@H]2O)C=C[C@H]2[C@@H]3CCC4=CC(=O)CC[C@@H]4[C@H]3CC[C@@]21CC. The number of fused-ring (bicyclic) bond motifs is 5. The van der Waals surface area contributed by atoms with E-state index in [0.29, 0.717) is 30.6 Å². The van der Waals surface area contributed by atoms with E-state index in [0.717, 1.165) is 32.1 Å². The number of ketones is 1. The molecule has 0 aromatic carbocycles. The molecule has 4 aliphatic carbocycles. The summed E-state index contributed by atoms with van der Waals surface area (Å²) in [6.45, 7) is 2.07. The molecule has 8 heteroatoms. The van der Waals surface area contributed by atoms with Crippen molar-refractivity contribution in [1.82, 2.24) is 0 Å². The molecular weight excluding hydrogens is 452 g/mol. The van der Waals surface area contributed by atoms with Gasteiger partial charge in [0.25, 0.3) is 0 Å². The summed E-state index contributed by atoms with van der Waals surface area (Å²) in [7, 11) is 0. The smallest absolute Gasteiger partial charge is 0.335 e. The fourth-order valence-corrected chi connectivity index (χ4v) is 7.88. The lowest BCUT2D eigenvalue weighted by Crippen LogP contribution is -2.63. The van der Waals surface area contributed by atoms with Crippen LogP contribution in [0, 0.1) is 41.4 Å². The van der Waals surface area contributed by atoms with Gasteiger partial charge in [-0.05, 0) is 74.3 Å². The Kier molecular flexibility index (Phi) is 6.22. The van der Waals surface area contributed by atoms with Crippen molar-refractivity contribution in [2.24, 2.45) is 29.1 Å². The molecule has 0 aromatic rings. The predicted octanol–water partition coefficient (Wildman–Crippen LogP) is 1.58. The molecule has 190 valence electrons.